The second kappa shape index (κ2) is 9.34. The van der Waals surface area contributed by atoms with Crippen LogP contribution in [0.3, 0.4) is 0 Å². The van der Waals surface area contributed by atoms with Crippen LogP contribution in [0.2, 0.25) is 0 Å². The maximum atomic E-state index is 12.9. The lowest BCUT2D eigenvalue weighted by Gasteiger charge is -2.26. The van der Waals surface area contributed by atoms with Crippen molar-refractivity contribution >= 4 is 29.2 Å². The second-order valence-corrected chi connectivity index (χ2v) is 7.86. The van der Waals surface area contributed by atoms with Crippen LogP contribution in [0.5, 0.6) is 0 Å². The Morgan fingerprint density at radius 3 is 2.15 bits per heavy atom. The van der Waals surface area contributed by atoms with Crippen molar-refractivity contribution < 1.29 is 9.59 Å². The van der Waals surface area contributed by atoms with Gasteiger partial charge in [0.05, 0.1) is 0 Å². The van der Waals surface area contributed by atoms with E-state index in [9.17, 15) is 9.59 Å². The normalized spacial score (nSPS) is 11.9. The fraction of sp³-hybridized carbons (Fsp3) is 0.333. The molecule has 2 rings (SSSR count). The summed E-state index contributed by atoms with van der Waals surface area (Å²) in [5.41, 5.74) is 0.772. The molecule has 1 aromatic heterocycles. The van der Waals surface area contributed by atoms with E-state index in [0.717, 1.165) is 4.88 Å². The number of rotatable bonds is 7. The van der Waals surface area contributed by atoms with E-state index in [1.807, 2.05) is 23.6 Å². The van der Waals surface area contributed by atoms with E-state index in [2.05, 4.69) is 38.3 Å². The molecule has 1 heterocycles. The zero-order valence-electron chi connectivity index (χ0n) is 15.7. The van der Waals surface area contributed by atoms with Crippen LogP contribution >= 0.6 is 11.3 Å². The van der Waals surface area contributed by atoms with E-state index >= 15 is 0 Å². The molecule has 0 aliphatic carbocycles. The van der Waals surface area contributed by atoms with Gasteiger partial charge in [-0.05, 0) is 41.5 Å². The summed E-state index contributed by atoms with van der Waals surface area (Å²) < 4.78 is 0. The first-order valence-corrected chi connectivity index (χ1v) is 9.69. The van der Waals surface area contributed by atoms with Gasteiger partial charge in [-0.25, -0.2) is 0 Å². The number of carbonyl (C=O) groups excluding carboxylic acids is 2. The monoisotopic (exact) mass is 370 g/mol. The van der Waals surface area contributed by atoms with Crippen LogP contribution in [-0.2, 0) is 4.79 Å². The molecule has 0 saturated carbocycles. The van der Waals surface area contributed by atoms with Crippen molar-refractivity contribution in [2.75, 3.05) is 0 Å². The lowest BCUT2D eigenvalue weighted by Crippen LogP contribution is -2.45. The van der Waals surface area contributed by atoms with E-state index in [0.29, 0.717) is 17.4 Å². The maximum absolute atomic E-state index is 12.9. The summed E-state index contributed by atoms with van der Waals surface area (Å²) in [7, 11) is 0. The molecule has 0 atom stereocenters. The molecule has 4 nitrogen and oxygen atoms in total. The van der Waals surface area contributed by atoms with Crippen LogP contribution in [0.25, 0.3) is 6.08 Å². The van der Waals surface area contributed by atoms with Crippen molar-refractivity contribution in [3.63, 3.8) is 0 Å². The van der Waals surface area contributed by atoms with E-state index in [1.165, 1.54) is 11.3 Å². The van der Waals surface area contributed by atoms with Crippen molar-refractivity contribution in [3.8, 4) is 0 Å². The summed E-state index contributed by atoms with van der Waals surface area (Å²) >= 11 is 1.52. The molecule has 0 radical (unpaired) electrons. The highest BCUT2D eigenvalue weighted by Crippen LogP contribution is 2.16. The van der Waals surface area contributed by atoms with Crippen LogP contribution in [0.15, 0.2) is 53.5 Å². The van der Waals surface area contributed by atoms with Gasteiger partial charge in [-0.15, -0.1) is 11.3 Å². The molecule has 0 bridgehead atoms. The van der Waals surface area contributed by atoms with Crippen LogP contribution in [0.1, 0.15) is 42.9 Å². The average molecular weight is 371 g/mol. The third-order valence-corrected chi connectivity index (χ3v) is 4.91. The van der Waals surface area contributed by atoms with E-state index in [4.69, 9.17) is 0 Å². The Labute approximate surface area is 159 Å². The van der Waals surface area contributed by atoms with Gasteiger partial charge in [0.15, 0.2) is 0 Å². The molecule has 0 saturated heterocycles. The molecule has 0 spiro atoms. The topological polar surface area (TPSA) is 58.2 Å². The highest BCUT2D eigenvalue weighted by Gasteiger charge is 2.22. The predicted octanol–water partition coefficient (Wildman–Crippen LogP) is 4.32. The van der Waals surface area contributed by atoms with Crippen molar-refractivity contribution in [3.05, 3.63) is 64.0 Å². The summed E-state index contributed by atoms with van der Waals surface area (Å²) in [6.45, 7) is 8.32. The van der Waals surface area contributed by atoms with Crippen LogP contribution in [0.4, 0.5) is 0 Å². The van der Waals surface area contributed by atoms with Crippen molar-refractivity contribution in [1.29, 1.82) is 0 Å². The first kappa shape index (κ1) is 19.9. The van der Waals surface area contributed by atoms with Gasteiger partial charge < -0.3 is 10.6 Å². The first-order valence-electron chi connectivity index (χ1n) is 8.81. The number of nitrogens with one attached hydrogen (secondary N) is 2. The molecule has 2 N–H and O–H groups in total. The van der Waals surface area contributed by atoms with Crippen LogP contribution < -0.4 is 10.6 Å². The number of carbonyl (C=O) groups is 2. The Bertz CT molecular complexity index is 742. The van der Waals surface area contributed by atoms with Crippen LogP contribution in [-0.4, -0.2) is 17.9 Å². The van der Waals surface area contributed by atoms with Crippen LogP contribution in [0, 0.1) is 11.8 Å². The number of amides is 2. The Kier molecular flexibility index (Phi) is 7.16. The molecule has 5 heteroatoms. The molecule has 1 aromatic carbocycles. The van der Waals surface area contributed by atoms with E-state index in [1.54, 1.807) is 30.3 Å². The number of hydrogen-bond donors (Lipinski definition) is 2. The van der Waals surface area contributed by atoms with Crippen molar-refractivity contribution in [1.82, 2.24) is 10.6 Å². The van der Waals surface area contributed by atoms with Gasteiger partial charge in [-0.2, -0.15) is 0 Å². The fourth-order valence-electron chi connectivity index (χ4n) is 2.79. The summed E-state index contributed by atoms with van der Waals surface area (Å²) in [5.74, 6) is 0.0304. The van der Waals surface area contributed by atoms with E-state index < -0.39 is 0 Å². The largest absolute Gasteiger partial charge is 0.348 e. The third kappa shape index (κ3) is 5.56. The molecule has 2 amide bonds. The molecular weight excluding hydrogens is 344 g/mol. The predicted molar refractivity (Wildman–Crippen MR) is 108 cm³/mol. The molecule has 26 heavy (non-hydrogen) atoms. The van der Waals surface area contributed by atoms with Gasteiger partial charge >= 0.3 is 0 Å². The Hall–Kier alpha value is -2.40. The maximum Gasteiger partial charge on any atom is 0.268 e. The molecule has 0 aliphatic rings. The SMILES string of the molecule is CC(C)C(NC(=O)/C(=C/c1cccs1)NC(=O)c1ccccc1)C(C)C. The lowest BCUT2D eigenvalue weighted by atomic mass is 9.93. The zero-order valence-corrected chi connectivity index (χ0v) is 16.5. The van der Waals surface area contributed by atoms with Crippen molar-refractivity contribution in [2.45, 2.75) is 33.7 Å². The van der Waals surface area contributed by atoms with Gasteiger partial charge in [0.1, 0.15) is 5.70 Å². The van der Waals surface area contributed by atoms with Gasteiger partial charge in [0.25, 0.3) is 11.8 Å². The fourth-order valence-corrected chi connectivity index (χ4v) is 3.45. The quantitative estimate of drug-likeness (QED) is 0.713. The molecule has 2 aromatic rings. The van der Waals surface area contributed by atoms with Gasteiger partial charge in [0, 0.05) is 16.5 Å². The van der Waals surface area contributed by atoms with Gasteiger partial charge in [0.2, 0.25) is 0 Å². The summed E-state index contributed by atoms with van der Waals surface area (Å²) in [6.07, 6.45) is 1.72. The smallest absolute Gasteiger partial charge is 0.268 e. The van der Waals surface area contributed by atoms with Gasteiger partial charge in [-0.1, -0.05) is 52.0 Å². The van der Waals surface area contributed by atoms with Gasteiger partial charge in [-0.3, -0.25) is 9.59 Å². The minimum Gasteiger partial charge on any atom is -0.348 e. The standard InChI is InChI=1S/C21H26N2O2S/c1-14(2)19(15(3)4)23-21(25)18(13-17-11-8-12-26-17)22-20(24)16-9-6-5-7-10-16/h5-15,19H,1-4H3,(H,22,24)(H,23,25)/b18-13-. The molecular formula is C21H26N2O2S. The minimum absolute atomic E-state index is 0.0304. The summed E-state index contributed by atoms with van der Waals surface area (Å²) in [6, 6.07) is 12.7. The number of benzene rings is 1. The molecule has 0 unspecified atom stereocenters. The number of thiophene rings is 1. The molecule has 0 fully saturated rings. The zero-order chi connectivity index (χ0) is 19.1. The minimum atomic E-state index is -0.297. The summed E-state index contributed by atoms with van der Waals surface area (Å²) in [4.78, 5) is 26.3. The van der Waals surface area contributed by atoms with Crippen molar-refractivity contribution in [2.24, 2.45) is 11.8 Å². The average Bonchev–Trinajstić information content (AvgIpc) is 3.12. The Morgan fingerprint density at radius 2 is 1.62 bits per heavy atom. The Balaban J connectivity index is 2.24. The first-order chi connectivity index (χ1) is 12.4. The molecule has 0 aliphatic heterocycles. The van der Waals surface area contributed by atoms with E-state index in [-0.39, 0.29) is 23.6 Å². The highest BCUT2D eigenvalue weighted by atomic mass is 32.1. The molecule has 138 valence electrons. The highest BCUT2D eigenvalue weighted by molar-refractivity contribution is 7.10. The summed E-state index contributed by atoms with van der Waals surface area (Å²) in [5, 5.41) is 7.78. The second-order valence-electron chi connectivity index (χ2n) is 6.88. The lowest BCUT2D eigenvalue weighted by molar-refractivity contribution is -0.119. The number of hydrogen-bond acceptors (Lipinski definition) is 3. The third-order valence-electron chi connectivity index (χ3n) is 4.09. The Morgan fingerprint density at radius 1 is 0.962 bits per heavy atom.